The number of amides is 1. The van der Waals surface area contributed by atoms with E-state index in [1.54, 1.807) is 6.92 Å². The molecule has 0 saturated carbocycles. The van der Waals surface area contributed by atoms with Crippen molar-refractivity contribution < 1.29 is 41.7 Å². The summed E-state index contributed by atoms with van der Waals surface area (Å²) in [5.41, 5.74) is 0.818. The number of rotatable bonds is 9. The molecule has 3 rings (SSSR count). The lowest BCUT2D eigenvalue weighted by Crippen LogP contribution is -2.31. The quantitative estimate of drug-likeness (QED) is 0.336. The van der Waals surface area contributed by atoms with E-state index in [2.05, 4.69) is 0 Å². The highest BCUT2D eigenvalue weighted by molar-refractivity contribution is 5.78. The maximum atomic E-state index is 13.6. The average molecular weight is 519 g/mol. The number of benzene rings is 3. The van der Waals surface area contributed by atoms with E-state index in [9.17, 15) is 27.2 Å². The molecule has 37 heavy (non-hydrogen) atoms. The predicted octanol–water partition coefficient (Wildman–Crippen LogP) is 6.31. The third-order valence-electron chi connectivity index (χ3n) is 5.62. The summed E-state index contributed by atoms with van der Waals surface area (Å²) in [5.74, 6) is -1.28. The van der Waals surface area contributed by atoms with Crippen molar-refractivity contribution >= 4 is 12.1 Å². The minimum Gasteiger partial charge on any atom is -0.496 e. The van der Waals surface area contributed by atoms with Crippen LogP contribution in [0.5, 0.6) is 5.75 Å². The maximum absolute atomic E-state index is 13.6. The van der Waals surface area contributed by atoms with Crippen molar-refractivity contribution in [1.82, 2.24) is 4.90 Å². The lowest BCUT2D eigenvalue weighted by molar-refractivity contribution is -0.138. The number of hydrogen-bond acceptors (Lipinski definition) is 4. The number of alkyl halides is 3. The second-order valence-corrected chi connectivity index (χ2v) is 8.17. The summed E-state index contributed by atoms with van der Waals surface area (Å²) < 4.78 is 64.5. The van der Waals surface area contributed by atoms with Gasteiger partial charge in [0.25, 0.3) is 0 Å². The average Bonchev–Trinajstić information content (AvgIpc) is 2.85. The van der Waals surface area contributed by atoms with Gasteiger partial charge in [-0.2, -0.15) is 13.2 Å². The number of methoxy groups -OCH3 is 1. The van der Waals surface area contributed by atoms with Gasteiger partial charge in [-0.1, -0.05) is 24.3 Å². The molecule has 0 aliphatic carbocycles. The minimum absolute atomic E-state index is 0.0848. The summed E-state index contributed by atoms with van der Waals surface area (Å²) in [5, 5.41) is 9.16. The van der Waals surface area contributed by atoms with Crippen LogP contribution in [0.25, 0.3) is 11.1 Å². The molecule has 0 spiro atoms. The van der Waals surface area contributed by atoms with Crippen molar-refractivity contribution in [2.75, 3.05) is 13.7 Å². The van der Waals surface area contributed by atoms with Gasteiger partial charge in [0.1, 0.15) is 18.2 Å². The normalized spacial score (nSPS) is 11.2. The van der Waals surface area contributed by atoms with E-state index in [1.165, 1.54) is 60.5 Å². The molecular weight excluding hydrogens is 494 g/mol. The Labute approximate surface area is 211 Å². The fraction of sp³-hybridized carbons (Fsp3) is 0.259. The molecule has 10 heteroatoms. The Morgan fingerprint density at radius 3 is 2.22 bits per heavy atom. The van der Waals surface area contributed by atoms with Crippen molar-refractivity contribution in [2.24, 2.45) is 0 Å². The third kappa shape index (κ3) is 7.22. The topological polar surface area (TPSA) is 76.1 Å². The van der Waals surface area contributed by atoms with Crippen LogP contribution in [0.3, 0.4) is 0 Å². The van der Waals surface area contributed by atoms with Gasteiger partial charge >= 0.3 is 18.2 Å². The standard InChI is InChI=1S/C27H25F4NO5/c1-3-32(26(35)37-16-17-4-9-21(28)10-5-17)15-19-7-8-20(27(29,30)31)14-22(19)23-12-18(13-25(33)34)6-11-24(23)36-2/h4-12,14H,3,13,15-16H2,1-2H3,(H,33,34). The first-order chi connectivity index (χ1) is 17.5. The van der Waals surface area contributed by atoms with E-state index in [0.29, 0.717) is 16.7 Å². The molecule has 6 nitrogen and oxygen atoms in total. The minimum atomic E-state index is -4.63. The second-order valence-electron chi connectivity index (χ2n) is 8.17. The van der Waals surface area contributed by atoms with Crippen molar-refractivity contribution in [3.05, 3.63) is 88.7 Å². The molecule has 0 radical (unpaired) electrons. The summed E-state index contributed by atoms with van der Waals surface area (Å²) in [6.45, 7) is 1.69. The van der Waals surface area contributed by atoms with Gasteiger partial charge in [-0.05, 0) is 65.6 Å². The number of halogens is 4. The van der Waals surface area contributed by atoms with Gasteiger partial charge in [-0.3, -0.25) is 4.79 Å². The smallest absolute Gasteiger partial charge is 0.416 e. The number of carbonyl (C=O) groups excluding carboxylic acids is 1. The van der Waals surface area contributed by atoms with Crippen molar-refractivity contribution in [1.29, 1.82) is 0 Å². The van der Waals surface area contributed by atoms with E-state index >= 15 is 0 Å². The molecule has 0 aliphatic rings. The highest BCUT2D eigenvalue weighted by Crippen LogP contribution is 2.38. The summed E-state index contributed by atoms with van der Waals surface area (Å²) in [7, 11) is 1.36. The van der Waals surface area contributed by atoms with Gasteiger partial charge in [0.2, 0.25) is 0 Å². The molecule has 3 aromatic rings. The van der Waals surface area contributed by atoms with E-state index in [4.69, 9.17) is 14.6 Å². The molecule has 1 N–H and O–H groups in total. The van der Waals surface area contributed by atoms with E-state index in [1.807, 2.05) is 0 Å². The molecule has 0 atom stereocenters. The summed E-state index contributed by atoms with van der Waals surface area (Å²) in [6, 6.07) is 13.1. The van der Waals surface area contributed by atoms with Gasteiger partial charge in [-0.25, -0.2) is 9.18 Å². The number of aliphatic carboxylic acids is 1. The molecule has 0 aromatic heterocycles. The van der Waals surface area contributed by atoms with E-state index in [-0.39, 0.29) is 43.0 Å². The first-order valence-corrected chi connectivity index (χ1v) is 11.3. The summed E-state index contributed by atoms with van der Waals surface area (Å²) in [4.78, 5) is 25.3. The zero-order valence-corrected chi connectivity index (χ0v) is 20.1. The summed E-state index contributed by atoms with van der Waals surface area (Å²) in [6.07, 6.45) is -5.66. The van der Waals surface area contributed by atoms with Gasteiger partial charge in [0, 0.05) is 18.7 Å². The molecular formula is C27H25F4NO5. The van der Waals surface area contributed by atoms with Crippen LogP contribution in [0.1, 0.15) is 29.2 Å². The lowest BCUT2D eigenvalue weighted by atomic mass is 9.94. The van der Waals surface area contributed by atoms with Gasteiger partial charge in [0.15, 0.2) is 0 Å². The SMILES string of the molecule is CCN(Cc1ccc(C(F)(F)F)cc1-c1cc(CC(=O)O)ccc1OC)C(=O)OCc1ccc(F)cc1. The number of ether oxygens (including phenoxy) is 2. The molecule has 1 amide bonds. The van der Waals surface area contributed by atoms with Gasteiger partial charge < -0.3 is 19.5 Å². The van der Waals surface area contributed by atoms with Crippen LogP contribution in [0.15, 0.2) is 60.7 Å². The highest BCUT2D eigenvalue weighted by Gasteiger charge is 2.32. The van der Waals surface area contributed by atoms with Crippen LogP contribution in [0.4, 0.5) is 22.4 Å². The Hall–Kier alpha value is -4.08. The third-order valence-corrected chi connectivity index (χ3v) is 5.62. The number of hydrogen-bond donors (Lipinski definition) is 1. The number of carboxylic acid groups (broad SMARTS) is 1. The first kappa shape index (κ1) is 27.5. The highest BCUT2D eigenvalue weighted by atomic mass is 19.4. The second kappa shape index (κ2) is 11.8. The van der Waals surface area contributed by atoms with E-state index < -0.39 is 29.6 Å². The molecule has 0 heterocycles. The van der Waals surface area contributed by atoms with Gasteiger partial charge in [-0.15, -0.1) is 0 Å². The number of nitrogens with zero attached hydrogens (tertiary/aromatic N) is 1. The molecule has 0 saturated heterocycles. The van der Waals surface area contributed by atoms with Crippen molar-refractivity contribution in [3.8, 4) is 16.9 Å². The van der Waals surface area contributed by atoms with Crippen molar-refractivity contribution in [3.63, 3.8) is 0 Å². The number of carbonyl (C=O) groups is 2. The van der Waals surface area contributed by atoms with E-state index in [0.717, 1.165) is 12.1 Å². The predicted molar refractivity (Wildman–Crippen MR) is 127 cm³/mol. The van der Waals surface area contributed by atoms with Crippen LogP contribution >= 0.6 is 0 Å². The first-order valence-electron chi connectivity index (χ1n) is 11.3. The zero-order chi connectivity index (χ0) is 27.2. The largest absolute Gasteiger partial charge is 0.496 e. The molecule has 196 valence electrons. The Balaban J connectivity index is 1.97. The molecule has 0 fully saturated rings. The summed E-state index contributed by atoms with van der Waals surface area (Å²) >= 11 is 0. The van der Waals surface area contributed by atoms with Crippen LogP contribution in [-0.4, -0.2) is 35.7 Å². The Bertz CT molecular complexity index is 1260. The van der Waals surface area contributed by atoms with Crippen molar-refractivity contribution in [2.45, 2.75) is 32.7 Å². The van der Waals surface area contributed by atoms with Crippen LogP contribution < -0.4 is 4.74 Å². The van der Waals surface area contributed by atoms with Crippen LogP contribution in [0, 0.1) is 5.82 Å². The van der Waals surface area contributed by atoms with Crippen LogP contribution in [-0.2, 0) is 35.3 Å². The lowest BCUT2D eigenvalue weighted by Gasteiger charge is -2.23. The zero-order valence-electron chi connectivity index (χ0n) is 20.1. The molecule has 3 aromatic carbocycles. The Kier molecular flexibility index (Phi) is 8.75. The molecule has 0 aliphatic heterocycles. The Morgan fingerprint density at radius 1 is 0.946 bits per heavy atom. The fourth-order valence-corrected chi connectivity index (χ4v) is 3.72. The maximum Gasteiger partial charge on any atom is 0.416 e. The molecule has 0 bridgehead atoms. The molecule has 0 unspecified atom stereocenters. The monoisotopic (exact) mass is 519 g/mol. The van der Waals surface area contributed by atoms with Crippen LogP contribution in [0.2, 0.25) is 0 Å². The Morgan fingerprint density at radius 2 is 1.62 bits per heavy atom. The fourth-order valence-electron chi connectivity index (χ4n) is 3.72. The van der Waals surface area contributed by atoms with Gasteiger partial charge in [0.05, 0.1) is 19.1 Å². The number of carboxylic acids is 1.